The number of nitrogens with zero attached hydrogens (tertiary/aromatic N) is 1. The van der Waals surface area contributed by atoms with Crippen LogP contribution in [0.25, 0.3) is 11.1 Å². The number of carbonyl (C=O) groups excluding carboxylic acids is 1. The van der Waals surface area contributed by atoms with Crippen LogP contribution in [0.3, 0.4) is 0 Å². The molecule has 3 nitrogen and oxygen atoms in total. The van der Waals surface area contributed by atoms with E-state index in [4.69, 9.17) is 0 Å². The van der Waals surface area contributed by atoms with Crippen LogP contribution >= 0.6 is 0 Å². The molecule has 4 rings (SSSR count). The van der Waals surface area contributed by atoms with Crippen LogP contribution in [-0.4, -0.2) is 43.7 Å². The minimum atomic E-state index is -0.345. The van der Waals surface area contributed by atoms with E-state index in [-0.39, 0.29) is 24.3 Å². The number of hydrogen-bond donors (Lipinski definition) is 1. The molecule has 5 heteroatoms. The molecular formula is C20H20F2N2O. The SMILES string of the molecule is O=C1NCC2CN(CCF)CC2c2ccc(-c3ccc(F)cc3)cc21. The van der Waals surface area contributed by atoms with Crippen molar-refractivity contribution in [2.75, 3.05) is 32.9 Å². The van der Waals surface area contributed by atoms with E-state index in [1.54, 1.807) is 12.1 Å². The van der Waals surface area contributed by atoms with Gasteiger partial charge in [-0.3, -0.25) is 9.69 Å². The summed E-state index contributed by atoms with van der Waals surface area (Å²) in [7, 11) is 0. The molecule has 2 aromatic rings. The highest BCUT2D eigenvalue weighted by Gasteiger charge is 2.37. The number of fused-ring (bicyclic) bond motifs is 3. The third-order valence-electron chi connectivity index (χ3n) is 5.32. The maximum atomic E-state index is 13.1. The molecule has 2 heterocycles. The van der Waals surface area contributed by atoms with Crippen LogP contribution in [0, 0.1) is 11.7 Å². The van der Waals surface area contributed by atoms with Crippen molar-refractivity contribution in [1.82, 2.24) is 10.2 Å². The summed E-state index contributed by atoms with van der Waals surface area (Å²) >= 11 is 0. The van der Waals surface area contributed by atoms with E-state index in [9.17, 15) is 13.6 Å². The van der Waals surface area contributed by atoms with E-state index < -0.39 is 0 Å². The standard InChI is InChI=1S/C20H20F2N2O/c21-7-8-24-11-15-10-23-20(25)18-9-14(3-6-17(18)19(15)12-24)13-1-4-16(22)5-2-13/h1-6,9,15,19H,7-8,10-12H2,(H,23,25). The highest BCUT2D eigenvalue weighted by Crippen LogP contribution is 2.37. The Bertz CT molecular complexity index is 791. The fraction of sp³-hybridized carbons (Fsp3) is 0.350. The molecule has 2 unspecified atom stereocenters. The maximum Gasteiger partial charge on any atom is 0.251 e. The summed E-state index contributed by atoms with van der Waals surface area (Å²) in [4.78, 5) is 14.7. The van der Waals surface area contributed by atoms with Gasteiger partial charge >= 0.3 is 0 Å². The summed E-state index contributed by atoms with van der Waals surface area (Å²) in [6.45, 7) is 2.32. The van der Waals surface area contributed by atoms with E-state index in [1.165, 1.54) is 12.1 Å². The van der Waals surface area contributed by atoms with Crippen LogP contribution < -0.4 is 5.32 Å². The molecule has 0 saturated carbocycles. The first-order valence-electron chi connectivity index (χ1n) is 8.62. The van der Waals surface area contributed by atoms with Crippen molar-refractivity contribution in [3.63, 3.8) is 0 Å². The fourth-order valence-electron chi connectivity index (χ4n) is 4.04. The van der Waals surface area contributed by atoms with Crippen molar-refractivity contribution >= 4 is 5.91 Å². The molecule has 2 aromatic carbocycles. The third-order valence-corrected chi connectivity index (χ3v) is 5.32. The molecule has 2 aliphatic heterocycles. The van der Waals surface area contributed by atoms with Gasteiger partial charge < -0.3 is 5.32 Å². The second kappa shape index (κ2) is 6.56. The van der Waals surface area contributed by atoms with E-state index in [0.717, 1.165) is 29.8 Å². The first kappa shape index (κ1) is 16.2. The molecule has 0 spiro atoms. The van der Waals surface area contributed by atoms with Crippen molar-refractivity contribution in [3.05, 3.63) is 59.4 Å². The summed E-state index contributed by atoms with van der Waals surface area (Å²) < 4.78 is 25.8. The summed E-state index contributed by atoms with van der Waals surface area (Å²) in [6.07, 6.45) is 0. The third kappa shape index (κ3) is 3.04. The zero-order valence-corrected chi connectivity index (χ0v) is 13.8. The Morgan fingerprint density at radius 3 is 2.60 bits per heavy atom. The summed E-state index contributed by atoms with van der Waals surface area (Å²) in [5, 5.41) is 3.00. The normalized spacial score (nSPS) is 22.9. The van der Waals surface area contributed by atoms with Crippen LogP contribution in [0.2, 0.25) is 0 Å². The Morgan fingerprint density at radius 2 is 1.84 bits per heavy atom. The minimum absolute atomic E-state index is 0.0644. The number of likely N-dealkylation sites (tertiary alicyclic amines) is 1. The predicted molar refractivity (Wildman–Crippen MR) is 92.8 cm³/mol. The van der Waals surface area contributed by atoms with Crippen molar-refractivity contribution in [2.45, 2.75) is 5.92 Å². The van der Waals surface area contributed by atoms with Crippen LogP contribution in [0.15, 0.2) is 42.5 Å². The van der Waals surface area contributed by atoms with Crippen molar-refractivity contribution in [1.29, 1.82) is 0 Å². The predicted octanol–water partition coefficient (Wildman–Crippen LogP) is 3.22. The highest BCUT2D eigenvalue weighted by atomic mass is 19.1. The van der Waals surface area contributed by atoms with E-state index in [1.807, 2.05) is 18.2 Å². The number of carbonyl (C=O) groups is 1. The lowest BCUT2D eigenvalue weighted by Crippen LogP contribution is -2.30. The van der Waals surface area contributed by atoms with Crippen molar-refractivity contribution in [3.8, 4) is 11.1 Å². The molecule has 0 aromatic heterocycles. The summed E-state index contributed by atoms with van der Waals surface area (Å²) in [5.41, 5.74) is 3.48. The number of nitrogens with one attached hydrogen (secondary N) is 1. The average Bonchev–Trinajstić information content (AvgIpc) is 2.97. The van der Waals surface area contributed by atoms with E-state index in [0.29, 0.717) is 24.6 Å². The number of benzene rings is 2. The van der Waals surface area contributed by atoms with Gasteiger partial charge in [0.25, 0.3) is 5.91 Å². The van der Waals surface area contributed by atoms with Gasteiger partial charge in [-0.1, -0.05) is 24.3 Å². The Balaban J connectivity index is 1.71. The van der Waals surface area contributed by atoms with Crippen molar-refractivity contribution in [2.24, 2.45) is 5.92 Å². The molecule has 0 radical (unpaired) electrons. The average molecular weight is 342 g/mol. The second-order valence-electron chi connectivity index (χ2n) is 6.83. The van der Waals surface area contributed by atoms with Crippen LogP contribution in [0.5, 0.6) is 0 Å². The Hall–Kier alpha value is -2.27. The van der Waals surface area contributed by atoms with Gasteiger partial charge in [0, 0.05) is 37.7 Å². The van der Waals surface area contributed by atoms with Crippen LogP contribution in [-0.2, 0) is 0 Å². The molecule has 1 saturated heterocycles. The van der Waals surface area contributed by atoms with Gasteiger partial charge in [0.05, 0.1) is 0 Å². The lowest BCUT2D eigenvalue weighted by Gasteiger charge is -2.17. The van der Waals surface area contributed by atoms with Gasteiger partial charge in [0.2, 0.25) is 0 Å². The number of amides is 1. The Morgan fingerprint density at radius 1 is 1.08 bits per heavy atom. The first-order chi connectivity index (χ1) is 12.2. The largest absolute Gasteiger partial charge is 0.352 e. The molecule has 25 heavy (non-hydrogen) atoms. The number of alkyl halides is 1. The fourth-order valence-corrected chi connectivity index (χ4v) is 4.04. The van der Waals surface area contributed by atoms with Gasteiger partial charge in [-0.25, -0.2) is 8.78 Å². The smallest absolute Gasteiger partial charge is 0.251 e. The Kier molecular flexibility index (Phi) is 4.25. The van der Waals surface area contributed by atoms with E-state index in [2.05, 4.69) is 10.2 Å². The van der Waals surface area contributed by atoms with Gasteiger partial charge in [0.1, 0.15) is 12.5 Å². The number of halogens is 2. The molecule has 1 fully saturated rings. The lowest BCUT2D eigenvalue weighted by atomic mass is 9.86. The zero-order valence-electron chi connectivity index (χ0n) is 13.8. The van der Waals surface area contributed by atoms with Gasteiger partial charge in [-0.05, 0) is 40.8 Å². The molecule has 0 aliphatic carbocycles. The molecule has 0 bridgehead atoms. The quantitative estimate of drug-likeness (QED) is 0.929. The summed E-state index contributed by atoms with van der Waals surface area (Å²) in [5.74, 6) is 0.208. The molecule has 1 N–H and O–H groups in total. The monoisotopic (exact) mass is 342 g/mol. The molecule has 2 atom stereocenters. The number of rotatable bonds is 3. The number of hydrogen-bond acceptors (Lipinski definition) is 2. The molecular weight excluding hydrogens is 322 g/mol. The van der Waals surface area contributed by atoms with Crippen LogP contribution in [0.1, 0.15) is 21.8 Å². The summed E-state index contributed by atoms with van der Waals surface area (Å²) in [6, 6.07) is 12.2. The van der Waals surface area contributed by atoms with Gasteiger partial charge in [-0.2, -0.15) is 0 Å². The van der Waals surface area contributed by atoms with Gasteiger partial charge in [0.15, 0.2) is 0 Å². The molecule has 130 valence electrons. The molecule has 2 aliphatic rings. The molecule has 1 amide bonds. The van der Waals surface area contributed by atoms with Gasteiger partial charge in [-0.15, -0.1) is 0 Å². The zero-order chi connectivity index (χ0) is 17.4. The topological polar surface area (TPSA) is 32.3 Å². The minimum Gasteiger partial charge on any atom is -0.352 e. The second-order valence-corrected chi connectivity index (χ2v) is 6.83. The van der Waals surface area contributed by atoms with E-state index >= 15 is 0 Å². The highest BCUT2D eigenvalue weighted by molar-refractivity contribution is 5.97. The first-order valence-corrected chi connectivity index (χ1v) is 8.62. The maximum absolute atomic E-state index is 13.1. The Labute approximate surface area is 145 Å². The van der Waals surface area contributed by atoms with Crippen LogP contribution in [0.4, 0.5) is 8.78 Å². The lowest BCUT2D eigenvalue weighted by molar-refractivity contribution is 0.0951. The van der Waals surface area contributed by atoms with Crippen molar-refractivity contribution < 1.29 is 13.6 Å².